The monoisotopic (exact) mass is 375 g/mol. The average molecular weight is 377 g/mol. The molecular weight excluding hydrogens is 354 g/mol. The zero-order valence-electron chi connectivity index (χ0n) is 11.5. The van der Waals surface area contributed by atoms with Gasteiger partial charge in [-0.2, -0.15) is 0 Å². The number of hydrogen-bond acceptors (Lipinski definition) is 1. The summed E-state index contributed by atoms with van der Waals surface area (Å²) in [5, 5.41) is 3.59. The number of anilines is 1. The van der Waals surface area contributed by atoms with E-state index in [1.807, 2.05) is 0 Å². The van der Waals surface area contributed by atoms with Crippen molar-refractivity contribution >= 4 is 37.5 Å². The van der Waals surface area contributed by atoms with Gasteiger partial charge in [0.2, 0.25) is 0 Å². The normalized spacial score (nSPS) is 12.5. The second-order valence-electron chi connectivity index (χ2n) is 5.00. The molecule has 1 unspecified atom stereocenters. The van der Waals surface area contributed by atoms with Gasteiger partial charge in [-0.25, -0.2) is 0 Å². The Hall–Kier alpha value is -0.0200. The summed E-state index contributed by atoms with van der Waals surface area (Å²) in [6.45, 7) is 6.61. The molecule has 0 fully saturated rings. The first-order chi connectivity index (χ1) is 8.54. The van der Waals surface area contributed by atoms with Gasteiger partial charge in [0, 0.05) is 15.0 Å². The predicted octanol–water partition coefficient (Wildman–Crippen LogP) is 6.29. The van der Waals surface area contributed by atoms with E-state index in [0.717, 1.165) is 8.95 Å². The fourth-order valence-electron chi connectivity index (χ4n) is 2.03. The molecule has 0 aliphatic rings. The molecule has 0 heterocycles. The molecule has 1 aromatic carbocycles. The maximum absolute atomic E-state index is 3.63. The molecule has 1 rings (SSSR count). The van der Waals surface area contributed by atoms with E-state index in [0.29, 0.717) is 6.04 Å². The van der Waals surface area contributed by atoms with Crippen LogP contribution in [0.15, 0.2) is 21.1 Å². The van der Waals surface area contributed by atoms with Crippen molar-refractivity contribution in [1.82, 2.24) is 0 Å². The Morgan fingerprint density at radius 2 is 1.72 bits per heavy atom. The lowest BCUT2D eigenvalue weighted by atomic mass is 10.1. The number of hydrogen-bond donors (Lipinski definition) is 1. The lowest BCUT2D eigenvalue weighted by molar-refractivity contribution is 0.593. The van der Waals surface area contributed by atoms with Crippen LogP contribution in [0.25, 0.3) is 0 Å². The summed E-state index contributed by atoms with van der Waals surface area (Å²) in [5.74, 6) is 0. The Morgan fingerprint density at radius 1 is 1.11 bits per heavy atom. The zero-order chi connectivity index (χ0) is 13.5. The molecule has 0 radical (unpaired) electrons. The number of benzene rings is 1. The van der Waals surface area contributed by atoms with E-state index in [-0.39, 0.29) is 0 Å². The van der Waals surface area contributed by atoms with Crippen LogP contribution in [0.2, 0.25) is 0 Å². The predicted molar refractivity (Wildman–Crippen MR) is 88.4 cm³/mol. The fourth-order valence-corrected chi connectivity index (χ4v) is 3.68. The van der Waals surface area contributed by atoms with Crippen LogP contribution in [0, 0.1) is 6.92 Å². The first-order valence-electron chi connectivity index (χ1n) is 6.76. The highest BCUT2D eigenvalue weighted by Gasteiger charge is 2.09. The molecule has 0 saturated carbocycles. The Kier molecular flexibility index (Phi) is 7.31. The van der Waals surface area contributed by atoms with Crippen molar-refractivity contribution in [2.75, 3.05) is 5.32 Å². The van der Waals surface area contributed by atoms with E-state index in [1.165, 1.54) is 43.4 Å². The highest BCUT2D eigenvalue weighted by molar-refractivity contribution is 9.11. The van der Waals surface area contributed by atoms with Crippen LogP contribution in [0.3, 0.4) is 0 Å². The minimum atomic E-state index is 0.511. The Balaban J connectivity index is 2.51. The largest absolute Gasteiger partial charge is 0.381 e. The highest BCUT2D eigenvalue weighted by atomic mass is 79.9. The number of nitrogens with one attached hydrogen (secondary N) is 1. The van der Waals surface area contributed by atoms with Crippen LogP contribution >= 0.6 is 31.9 Å². The zero-order valence-corrected chi connectivity index (χ0v) is 14.7. The number of unbranched alkanes of at least 4 members (excludes halogenated alkanes) is 3. The Labute approximate surface area is 128 Å². The van der Waals surface area contributed by atoms with Gasteiger partial charge in [-0.15, -0.1) is 0 Å². The molecule has 3 heteroatoms. The second-order valence-corrected chi connectivity index (χ2v) is 6.71. The van der Waals surface area contributed by atoms with E-state index >= 15 is 0 Å². The summed E-state index contributed by atoms with van der Waals surface area (Å²) in [6.07, 6.45) is 6.54. The van der Waals surface area contributed by atoms with Gasteiger partial charge in [0.15, 0.2) is 0 Å². The van der Waals surface area contributed by atoms with Gasteiger partial charge < -0.3 is 5.32 Å². The van der Waals surface area contributed by atoms with Gasteiger partial charge >= 0.3 is 0 Å². The van der Waals surface area contributed by atoms with Crippen molar-refractivity contribution < 1.29 is 0 Å². The summed E-state index contributed by atoms with van der Waals surface area (Å²) < 4.78 is 2.27. The van der Waals surface area contributed by atoms with Crippen molar-refractivity contribution in [3.8, 4) is 0 Å². The third-order valence-corrected chi connectivity index (χ3v) is 4.32. The van der Waals surface area contributed by atoms with E-state index in [4.69, 9.17) is 0 Å². The molecule has 1 N–H and O–H groups in total. The van der Waals surface area contributed by atoms with Crippen LogP contribution in [0.1, 0.15) is 51.5 Å². The third kappa shape index (κ3) is 5.31. The summed E-state index contributed by atoms with van der Waals surface area (Å²) in [4.78, 5) is 0. The van der Waals surface area contributed by atoms with Gasteiger partial charge in [-0.05, 0) is 69.8 Å². The van der Waals surface area contributed by atoms with Crippen LogP contribution in [-0.2, 0) is 0 Å². The SMILES string of the molecule is CCCCCCC(C)Nc1c(Br)cc(C)cc1Br. The van der Waals surface area contributed by atoms with Gasteiger partial charge in [-0.1, -0.05) is 32.6 Å². The molecule has 1 aromatic rings. The average Bonchev–Trinajstić information content (AvgIpc) is 2.29. The summed E-state index contributed by atoms with van der Waals surface area (Å²) in [7, 11) is 0. The Bertz CT molecular complexity index is 354. The maximum atomic E-state index is 3.63. The molecule has 102 valence electrons. The fraction of sp³-hybridized carbons (Fsp3) is 0.600. The molecule has 0 spiro atoms. The number of halogens is 2. The minimum Gasteiger partial charge on any atom is -0.381 e. The van der Waals surface area contributed by atoms with Crippen molar-refractivity contribution in [1.29, 1.82) is 0 Å². The highest BCUT2D eigenvalue weighted by Crippen LogP contribution is 2.33. The van der Waals surface area contributed by atoms with Crippen LogP contribution < -0.4 is 5.32 Å². The lowest BCUT2D eigenvalue weighted by Gasteiger charge is -2.18. The first-order valence-corrected chi connectivity index (χ1v) is 8.35. The van der Waals surface area contributed by atoms with Gasteiger partial charge in [-0.3, -0.25) is 0 Å². The molecule has 0 saturated heterocycles. The summed E-state index contributed by atoms with van der Waals surface area (Å²) in [5.41, 5.74) is 2.43. The van der Waals surface area contributed by atoms with Gasteiger partial charge in [0.25, 0.3) is 0 Å². The lowest BCUT2D eigenvalue weighted by Crippen LogP contribution is -2.15. The van der Waals surface area contributed by atoms with Crippen LogP contribution in [-0.4, -0.2) is 6.04 Å². The smallest absolute Gasteiger partial charge is 0.0631 e. The molecule has 0 amide bonds. The van der Waals surface area contributed by atoms with E-state index < -0.39 is 0 Å². The van der Waals surface area contributed by atoms with E-state index in [1.54, 1.807) is 0 Å². The molecule has 1 atom stereocenters. The molecule has 0 aliphatic heterocycles. The van der Waals surface area contributed by atoms with Crippen LogP contribution in [0.4, 0.5) is 5.69 Å². The van der Waals surface area contributed by atoms with E-state index in [9.17, 15) is 0 Å². The van der Waals surface area contributed by atoms with Crippen molar-refractivity contribution in [3.05, 3.63) is 26.6 Å². The van der Waals surface area contributed by atoms with Crippen LogP contribution in [0.5, 0.6) is 0 Å². The minimum absolute atomic E-state index is 0.511. The van der Waals surface area contributed by atoms with Crippen molar-refractivity contribution in [2.24, 2.45) is 0 Å². The summed E-state index contributed by atoms with van der Waals surface area (Å²) >= 11 is 7.25. The standard InChI is InChI=1S/C15H23Br2N/c1-4-5-6-7-8-12(3)18-15-13(16)9-11(2)10-14(15)17/h9-10,12,18H,4-8H2,1-3H3. The molecule has 18 heavy (non-hydrogen) atoms. The second kappa shape index (κ2) is 8.21. The van der Waals surface area contributed by atoms with Crippen molar-refractivity contribution in [2.45, 2.75) is 58.9 Å². The maximum Gasteiger partial charge on any atom is 0.0631 e. The summed E-state index contributed by atoms with van der Waals surface area (Å²) in [6, 6.07) is 4.81. The van der Waals surface area contributed by atoms with Gasteiger partial charge in [0.05, 0.1) is 5.69 Å². The topological polar surface area (TPSA) is 12.0 Å². The quantitative estimate of drug-likeness (QED) is 0.551. The number of aryl methyl sites for hydroxylation is 1. The molecule has 0 aromatic heterocycles. The molecule has 0 aliphatic carbocycles. The van der Waals surface area contributed by atoms with Crippen molar-refractivity contribution in [3.63, 3.8) is 0 Å². The van der Waals surface area contributed by atoms with Gasteiger partial charge in [0.1, 0.15) is 0 Å². The molecular formula is C15H23Br2N. The Morgan fingerprint density at radius 3 is 2.28 bits per heavy atom. The first kappa shape index (κ1) is 16.0. The molecule has 0 bridgehead atoms. The van der Waals surface area contributed by atoms with E-state index in [2.05, 4.69) is 70.1 Å². The number of rotatable bonds is 7. The third-order valence-electron chi connectivity index (χ3n) is 3.07. The molecule has 1 nitrogen and oxygen atoms in total.